The van der Waals surface area contributed by atoms with Gasteiger partial charge < -0.3 is 0 Å². The Balaban J connectivity index is 2.17. The summed E-state index contributed by atoms with van der Waals surface area (Å²) in [5, 5.41) is 1.49. The van der Waals surface area contributed by atoms with Crippen molar-refractivity contribution in [3.05, 3.63) is 78.4 Å². The molecule has 0 atom stereocenters. The van der Waals surface area contributed by atoms with Crippen molar-refractivity contribution < 1.29 is 4.57 Å². The lowest BCUT2D eigenvalue weighted by Crippen LogP contribution is -2.40. The van der Waals surface area contributed by atoms with Gasteiger partial charge in [-0.15, -0.1) is 0 Å². The molecule has 0 radical (unpaired) electrons. The SMILES string of the molecule is Cc1ccccc1-c1n(-c2ccccc2[Si](C)(C)C)c2ccccc2[n+]1C. The molecule has 1 aromatic heterocycles. The summed E-state index contributed by atoms with van der Waals surface area (Å²) in [5.41, 5.74) is 6.39. The largest absolute Gasteiger partial charge is 0.295 e. The third kappa shape index (κ3) is 2.92. The lowest BCUT2D eigenvalue weighted by atomic mass is 10.1. The van der Waals surface area contributed by atoms with Gasteiger partial charge in [0, 0.05) is 0 Å². The van der Waals surface area contributed by atoms with Crippen LogP contribution in [-0.2, 0) is 7.05 Å². The van der Waals surface area contributed by atoms with E-state index in [0.717, 1.165) is 0 Å². The van der Waals surface area contributed by atoms with Gasteiger partial charge in [0.1, 0.15) is 5.69 Å². The van der Waals surface area contributed by atoms with Crippen LogP contribution in [0.2, 0.25) is 19.6 Å². The Hall–Kier alpha value is -2.65. The van der Waals surface area contributed by atoms with Crippen molar-refractivity contribution in [3.63, 3.8) is 0 Å². The van der Waals surface area contributed by atoms with Gasteiger partial charge in [-0.25, -0.2) is 4.57 Å². The molecular weight excluding hydrogens is 344 g/mol. The molecule has 4 rings (SSSR count). The average molecular weight is 372 g/mol. The van der Waals surface area contributed by atoms with Gasteiger partial charge in [0.05, 0.1) is 20.7 Å². The summed E-state index contributed by atoms with van der Waals surface area (Å²) < 4.78 is 4.80. The number of para-hydroxylation sites is 3. The number of aryl methyl sites for hydroxylation is 2. The molecule has 136 valence electrons. The molecule has 2 nitrogen and oxygen atoms in total. The number of rotatable bonds is 3. The Labute approximate surface area is 162 Å². The van der Waals surface area contributed by atoms with Gasteiger partial charge in [0.2, 0.25) is 0 Å². The van der Waals surface area contributed by atoms with Gasteiger partial charge in [-0.2, -0.15) is 4.57 Å². The molecule has 0 amide bonds. The van der Waals surface area contributed by atoms with Crippen molar-refractivity contribution in [2.24, 2.45) is 7.05 Å². The highest BCUT2D eigenvalue weighted by Gasteiger charge is 2.30. The predicted octanol–water partition coefficient (Wildman–Crippen LogP) is 4.98. The first-order valence-electron chi connectivity index (χ1n) is 9.55. The van der Waals surface area contributed by atoms with Gasteiger partial charge in [-0.1, -0.05) is 68.2 Å². The van der Waals surface area contributed by atoms with Crippen molar-refractivity contribution >= 4 is 24.3 Å². The molecule has 0 fully saturated rings. The number of aromatic nitrogens is 2. The summed E-state index contributed by atoms with van der Waals surface area (Å²) in [6, 6.07) is 26.3. The van der Waals surface area contributed by atoms with Gasteiger partial charge in [-0.3, -0.25) is 0 Å². The van der Waals surface area contributed by atoms with Crippen LogP contribution in [0.25, 0.3) is 28.1 Å². The second-order valence-corrected chi connectivity index (χ2v) is 13.3. The summed E-state index contributed by atoms with van der Waals surface area (Å²) in [6.45, 7) is 9.46. The van der Waals surface area contributed by atoms with Crippen molar-refractivity contribution in [2.45, 2.75) is 26.6 Å². The summed E-state index contributed by atoms with van der Waals surface area (Å²) in [7, 11) is 0.672. The number of benzene rings is 3. The quantitative estimate of drug-likeness (QED) is 0.355. The van der Waals surface area contributed by atoms with E-state index < -0.39 is 8.07 Å². The Morgan fingerprint density at radius 3 is 2.15 bits per heavy atom. The van der Waals surface area contributed by atoms with Crippen LogP contribution < -0.4 is 9.75 Å². The molecule has 27 heavy (non-hydrogen) atoms. The Kier molecular flexibility index (Phi) is 4.27. The van der Waals surface area contributed by atoms with E-state index in [0.29, 0.717) is 0 Å². The maximum Gasteiger partial charge on any atom is 0.295 e. The standard InChI is InChI=1S/C24H27N2Si/c1-18-12-6-7-13-19(18)24-25(2)20-14-8-9-15-21(20)26(24)22-16-10-11-17-23(22)27(3,4)5/h6-17H,1-5H3/q+1. The summed E-state index contributed by atoms with van der Waals surface area (Å²) in [6.07, 6.45) is 0. The summed E-state index contributed by atoms with van der Waals surface area (Å²) in [5.74, 6) is 1.24. The minimum atomic E-state index is -1.51. The zero-order chi connectivity index (χ0) is 19.2. The van der Waals surface area contributed by atoms with Gasteiger partial charge in [-0.05, 0) is 41.9 Å². The third-order valence-corrected chi connectivity index (χ3v) is 7.39. The Morgan fingerprint density at radius 1 is 0.778 bits per heavy atom. The average Bonchev–Trinajstić information content (AvgIpc) is 2.94. The highest BCUT2D eigenvalue weighted by atomic mass is 28.3. The maximum absolute atomic E-state index is 2.46. The fourth-order valence-electron chi connectivity index (χ4n) is 3.99. The molecule has 0 bridgehead atoms. The van der Waals surface area contributed by atoms with Gasteiger partial charge in [0.15, 0.2) is 11.0 Å². The van der Waals surface area contributed by atoms with Crippen LogP contribution in [0.5, 0.6) is 0 Å². The molecule has 0 N–H and O–H groups in total. The molecule has 0 unspecified atom stereocenters. The van der Waals surface area contributed by atoms with Crippen LogP contribution in [-0.4, -0.2) is 12.6 Å². The minimum absolute atomic E-state index is 1.24. The molecule has 0 aliphatic rings. The molecule has 3 aromatic carbocycles. The van der Waals surface area contributed by atoms with Crippen LogP contribution in [0, 0.1) is 6.92 Å². The fraction of sp³-hybridized carbons (Fsp3) is 0.208. The van der Waals surface area contributed by atoms with Crippen molar-refractivity contribution in [1.82, 2.24) is 4.57 Å². The molecular formula is C24H27N2Si+. The van der Waals surface area contributed by atoms with E-state index in [1.807, 2.05) is 0 Å². The second kappa shape index (κ2) is 6.50. The molecule has 3 heteroatoms. The summed E-state index contributed by atoms with van der Waals surface area (Å²) >= 11 is 0. The predicted molar refractivity (Wildman–Crippen MR) is 118 cm³/mol. The first-order chi connectivity index (χ1) is 12.9. The van der Waals surface area contributed by atoms with E-state index in [4.69, 9.17) is 0 Å². The molecule has 1 heterocycles. The zero-order valence-corrected chi connectivity index (χ0v) is 17.8. The molecule has 4 aromatic rings. The molecule has 0 saturated heterocycles. The molecule has 0 aliphatic carbocycles. The first-order valence-corrected chi connectivity index (χ1v) is 13.0. The van der Waals surface area contributed by atoms with E-state index in [2.05, 4.69) is 116 Å². The van der Waals surface area contributed by atoms with Crippen molar-refractivity contribution in [3.8, 4) is 17.1 Å². The monoisotopic (exact) mass is 371 g/mol. The lowest BCUT2D eigenvalue weighted by Gasteiger charge is -2.19. The number of imidazole rings is 1. The third-order valence-electron chi connectivity index (χ3n) is 5.35. The minimum Gasteiger partial charge on any atom is -0.225 e. The molecule has 0 saturated carbocycles. The second-order valence-electron chi connectivity index (χ2n) is 8.29. The maximum atomic E-state index is 2.46. The highest BCUT2D eigenvalue weighted by Crippen LogP contribution is 2.29. The number of nitrogens with zero attached hydrogens (tertiary/aromatic N) is 2. The molecule has 0 spiro atoms. The highest BCUT2D eigenvalue weighted by molar-refractivity contribution is 6.89. The van der Waals surface area contributed by atoms with E-state index in [1.54, 1.807) is 0 Å². The van der Waals surface area contributed by atoms with Crippen molar-refractivity contribution in [1.29, 1.82) is 0 Å². The summed E-state index contributed by atoms with van der Waals surface area (Å²) in [4.78, 5) is 0. The van der Waals surface area contributed by atoms with Crippen LogP contribution in [0.15, 0.2) is 72.8 Å². The Morgan fingerprint density at radius 2 is 1.41 bits per heavy atom. The van der Waals surface area contributed by atoms with Crippen LogP contribution in [0.3, 0.4) is 0 Å². The van der Waals surface area contributed by atoms with E-state index >= 15 is 0 Å². The Bertz CT molecular complexity index is 1130. The number of hydrogen-bond donors (Lipinski definition) is 0. The number of hydrogen-bond acceptors (Lipinski definition) is 0. The smallest absolute Gasteiger partial charge is 0.225 e. The van der Waals surface area contributed by atoms with E-state index in [-0.39, 0.29) is 0 Å². The van der Waals surface area contributed by atoms with Crippen molar-refractivity contribution in [2.75, 3.05) is 0 Å². The van der Waals surface area contributed by atoms with Crippen LogP contribution >= 0.6 is 0 Å². The zero-order valence-electron chi connectivity index (χ0n) is 16.8. The molecule has 0 aliphatic heterocycles. The van der Waals surface area contributed by atoms with E-state index in [9.17, 15) is 0 Å². The lowest BCUT2D eigenvalue weighted by molar-refractivity contribution is -0.633. The van der Waals surface area contributed by atoms with Crippen LogP contribution in [0.1, 0.15) is 5.56 Å². The normalized spacial score (nSPS) is 11.9. The fourth-order valence-corrected chi connectivity index (χ4v) is 5.55. The first kappa shape index (κ1) is 17.7. The van der Waals surface area contributed by atoms with Gasteiger partial charge >= 0.3 is 0 Å². The topological polar surface area (TPSA) is 8.81 Å². The van der Waals surface area contributed by atoms with E-state index in [1.165, 1.54) is 38.9 Å². The van der Waals surface area contributed by atoms with Gasteiger partial charge in [0.25, 0.3) is 5.82 Å². The van der Waals surface area contributed by atoms with Crippen LogP contribution in [0.4, 0.5) is 0 Å². The number of fused-ring (bicyclic) bond motifs is 1.